The molecule has 0 aliphatic heterocycles. The SMILES string of the molecule is CS(=O)CCCNS(=O)(=O)c1ccc(CBr)cc1. The van der Waals surface area contributed by atoms with Gasteiger partial charge in [-0.2, -0.15) is 0 Å². The number of hydrogen-bond acceptors (Lipinski definition) is 3. The molecule has 4 nitrogen and oxygen atoms in total. The largest absolute Gasteiger partial charge is 0.260 e. The van der Waals surface area contributed by atoms with Crippen LogP contribution in [-0.4, -0.2) is 31.2 Å². The quantitative estimate of drug-likeness (QED) is 0.598. The molecule has 1 N–H and O–H groups in total. The van der Waals surface area contributed by atoms with E-state index < -0.39 is 20.8 Å². The molecule has 102 valence electrons. The van der Waals surface area contributed by atoms with E-state index in [1.165, 1.54) is 0 Å². The number of alkyl halides is 1. The molecule has 1 atom stereocenters. The number of nitrogens with one attached hydrogen (secondary N) is 1. The van der Waals surface area contributed by atoms with Crippen molar-refractivity contribution in [2.24, 2.45) is 0 Å². The second-order valence-corrected chi connectivity index (χ2v) is 7.69. The lowest BCUT2D eigenvalue weighted by Crippen LogP contribution is -2.25. The molecule has 1 unspecified atom stereocenters. The Labute approximate surface area is 119 Å². The molecular weight excluding hydrogens is 338 g/mol. The fourth-order valence-electron chi connectivity index (χ4n) is 1.32. The van der Waals surface area contributed by atoms with Gasteiger partial charge in [-0.25, -0.2) is 13.1 Å². The number of sulfonamides is 1. The number of halogens is 1. The Morgan fingerprint density at radius 1 is 1.28 bits per heavy atom. The van der Waals surface area contributed by atoms with E-state index >= 15 is 0 Å². The van der Waals surface area contributed by atoms with E-state index in [9.17, 15) is 12.6 Å². The van der Waals surface area contributed by atoms with Gasteiger partial charge in [-0.3, -0.25) is 4.21 Å². The first-order chi connectivity index (χ1) is 8.45. The number of hydrogen-bond donors (Lipinski definition) is 1. The van der Waals surface area contributed by atoms with Gasteiger partial charge in [0, 0.05) is 34.7 Å². The van der Waals surface area contributed by atoms with Gasteiger partial charge < -0.3 is 0 Å². The van der Waals surface area contributed by atoms with Gasteiger partial charge in [0.2, 0.25) is 10.0 Å². The maximum absolute atomic E-state index is 11.9. The third-order valence-corrected chi connectivity index (χ3v) is 5.28. The van der Waals surface area contributed by atoms with Gasteiger partial charge in [0.05, 0.1) is 4.90 Å². The molecule has 1 aromatic rings. The first kappa shape index (κ1) is 15.8. The molecule has 0 aliphatic rings. The maximum atomic E-state index is 11.9. The van der Waals surface area contributed by atoms with E-state index in [1.807, 2.05) is 0 Å². The zero-order valence-corrected chi connectivity index (χ0v) is 13.3. The van der Waals surface area contributed by atoms with E-state index in [2.05, 4.69) is 20.7 Å². The lowest BCUT2D eigenvalue weighted by Gasteiger charge is -2.06. The van der Waals surface area contributed by atoms with Crippen LogP contribution < -0.4 is 4.72 Å². The second-order valence-electron chi connectivity index (χ2n) is 3.81. The minimum atomic E-state index is -3.45. The van der Waals surface area contributed by atoms with Crippen LogP contribution in [0.3, 0.4) is 0 Å². The average molecular weight is 354 g/mol. The van der Waals surface area contributed by atoms with E-state index in [4.69, 9.17) is 0 Å². The highest BCUT2D eigenvalue weighted by atomic mass is 79.9. The monoisotopic (exact) mass is 353 g/mol. The van der Waals surface area contributed by atoms with Crippen LogP contribution in [0.25, 0.3) is 0 Å². The van der Waals surface area contributed by atoms with Gasteiger partial charge in [0.1, 0.15) is 0 Å². The lowest BCUT2D eigenvalue weighted by atomic mass is 10.2. The molecule has 1 aromatic carbocycles. The van der Waals surface area contributed by atoms with Crippen molar-refractivity contribution < 1.29 is 12.6 Å². The Kier molecular flexibility index (Phi) is 6.48. The first-order valence-electron chi connectivity index (χ1n) is 5.40. The molecule has 0 bridgehead atoms. The molecule has 0 aliphatic carbocycles. The van der Waals surface area contributed by atoms with Crippen LogP contribution >= 0.6 is 15.9 Å². The topological polar surface area (TPSA) is 63.2 Å². The summed E-state index contributed by atoms with van der Waals surface area (Å²) in [6.45, 7) is 0.308. The van der Waals surface area contributed by atoms with Crippen LogP contribution in [0.4, 0.5) is 0 Å². The smallest absolute Gasteiger partial charge is 0.240 e. The van der Waals surface area contributed by atoms with Crippen molar-refractivity contribution in [2.45, 2.75) is 16.6 Å². The van der Waals surface area contributed by atoms with Crippen molar-refractivity contribution in [3.8, 4) is 0 Å². The van der Waals surface area contributed by atoms with Crippen molar-refractivity contribution in [1.82, 2.24) is 4.72 Å². The summed E-state index contributed by atoms with van der Waals surface area (Å²) in [7, 11) is -4.33. The van der Waals surface area contributed by atoms with Gasteiger partial charge in [-0.1, -0.05) is 28.1 Å². The van der Waals surface area contributed by atoms with Crippen molar-refractivity contribution in [3.63, 3.8) is 0 Å². The summed E-state index contributed by atoms with van der Waals surface area (Å²) in [4.78, 5) is 0.254. The molecule has 0 aromatic heterocycles. The van der Waals surface area contributed by atoms with Crippen molar-refractivity contribution in [2.75, 3.05) is 18.6 Å². The summed E-state index contributed by atoms with van der Waals surface area (Å²) in [5, 5.41) is 0.697. The Bertz CT molecular complexity index is 500. The van der Waals surface area contributed by atoms with Crippen LogP contribution in [0.5, 0.6) is 0 Å². The standard InChI is InChI=1S/C11H16BrNO3S2/c1-17(14)8-2-7-13-18(15,16)11-5-3-10(9-12)4-6-11/h3-6,13H,2,7-9H2,1H3. The van der Waals surface area contributed by atoms with E-state index in [1.54, 1.807) is 30.5 Å². The predicted molar refractivity (Wildman–Crippen MR) is 77.8 cm³/mol. The molecule has 0 saturated heterocycles. The zero-order chi connectivity index (χ0) is 13.6. The van der Waals surface area contributed by atoms with E-state index in [-0.39, 0.29) is 4.90 Å². The molecule has 0 saturated carbocycles. The highest BCUT2D eigenvalue weighted by Crippen LogP contribution is 2.12. The van der Waals surface area contributed by atoms with Gasteiger partial charge >= 0.3 is 0 Å². The first-order valence-corrected chi connectivity index (χ1v) is 9.73. The molecule has 0 amide bonds. The molecule has 0 spiro atoms. The Hall–Kier alpha value is -0.240. The molecule has 18 heavy (non-hydrogen) atoms. The van der Waals surface area contributed by atoms with Crippen molar-refractivity contribution in [1.29, 1.82) is 0 Å². The minimum absolute atomic E-state index is 0.254. The van der Waals surface area contributed by atoms with Crippen LogP contribution in [0.15, 0.2) is 29.2 Å². The third-order valence-electron chi connectivity index (χ3n) is 2.29. The Balaban J connectivity index is 2.59. The van der Waals surface area contributed by atoms with E-state index in [0.29, 0.717) is 24.0 Å². The highest BCUT2D eigenvalue weighted by Gasteiger charge is 2.12. The fourth-order valence-corrected chi connectivity index (χ4v) is 3.32. The molecule has 7 heteroatoms. The second kappa shape index (κ2) is 7.37. The maximum Gasteiger partial charge on any atom is 0.240 e. The zero-order valence-electron chi connectivity index (χ0n) is 10.1. The normalized spacial score (nSPS) is 13.4. The summed E-state index contributed by atoms with van der Waals surface area (Å²) in [5.41, 5.74) is 1.02. The van der Waals surface area contributed by atoms with Crippen LogP contribution in [0, 0.1) is 0 Å². The third kappa shape index (κ3) is 5.17. The molecular formula is C11H16BrNO3S2. The summed E-state index contributed by atoms with van der Waals surface area (Å²) < 4.78 is 37.1. The Morgan fingerprint density at radius 3 is 2.39 bits per heavy atom. The average Bonchev–Trinajstić information content (AvgIpc) is 2.34. The summed E-state index contributed by atoms with van der Waals surface area (Å²) in [5.74, 6) is 0.505. The summed E-state index contributed by atoms with van der Waals surface area (Å²) >= 11 is 3.30. The molecule has 1 rings (SSSR count). The summed E-state index contributed by atoms with van der Waals surface area (Å²) in [6, 6.07) is 6.70. The van der Waals surface area contributed by atoms with Gasteiger partial charge in [0.25, 0.3) is 0 Å². The van der Waals surface area contributed by atoms with Gasteiger partial charge in [0.15, 0.2) is 0 Å². The van der Waals surface area contributed by atoms with Crippen LogP contribution in [0.2, 0.25) is 0 Å². The van der Waals surface area contributed by atoms with Crippen molar-refractivity contribution >= 4 is 36.8 Å². The molecule has 0 heterocycles. The van der Waals surface area contributed by atoms with Gasteiger partial charge in [-0.15, -0.1) is 0 Å². The van der Waals surface area contributed by atoms with Gasteiger partial charge in [-0.05, 0) is 24.1 Å². The summed E-state index contributed by atoms with van der Waals surface area (Å²) in [6.07, 6.45) is 2.18. The molecule has 0 fully saturated rings. The van der Waals surface area contributed by atoms with Crippen LogP contribution in [0.1, 0.15) is 12.0 Å². The van der Waals surface area contributed by atoms with Crippen molar-refractivity contribution in [3.05, 3.63) is 29.8 Å². The number of benzene rings is 1. The lowest BCUT2D eigenvalue weighted by molar-refractivity contribution is 0.580. The predicted octanol–water partition coefficient (Wildman–Crippen LogP) is 1.63. The fraction of sp³-hybridized carbons (Fsp3) is 0.455. The highest BCUT2D eigenvalue weighted by molar-refractivity contribution is 9.08. The minimum Gasteiger partial charge on any atom is -0.260 e. The number of rotatable bonds is 7. The molecule has 0 radical (unpaired) electrons. The van der Waals surface area contributed by atoms with Crippen LogP contribution in [-0.2, 0) is 26.2 Å². The van der Waals surface area contributed by atoms with E-state index in [0.717, 1.165) is 5.56 Å². The Morgan fingerprint density at radius 2 is 1.89 bits per heavy atom.